The second-order valence-electron chi connectivity index (χ2n) is 5.47. The number of benzene rings is 3. The molecule has 0 N–H and O–H groups in total. The molecule has 0 amide bonds. The molecule has 0 aromatic heterocycles. The first-order valence-corrected chi connectivity index (χ1v) is 7.73. The summed E-state index contributed by atoms with van der Waals surface area (Å²) in [5.74, 6) is 0. The van der Waals surface area contributed by atoms with Crippen molar-refractivity contribution in [1.29, 1.82) is 0 Å². The van der Waals surface area contributed by atoms with Crippen molar-refractivity contribution >= 4 is 11.4 Å². The van der Waals surface area contributed by atoms with Crippen molar-refractivity contribution in [2.75, 3.05) is 0 Å². The zero-order valence-electron chi connectivity index (χ0n) is 12.6. The van der Waals surface area contributed by atoms with Gasteiger partial charge in [0.1, 0.15) is 0 Å². The molecule has 0 aliphatic carbocycles. The van der Waals surface area contributed by atoms with Crippen LogP contribution < -0.4 is 0 Å². The molecule has 0 bridgehead atoms. The van der Waals surface area contributed by atoms with E-state index in [0.29, 0.717) is 0 Å². The third-order valence-corrected chi connectivity index (χ3v) is 3.92. The third-order valence-electron chi connectivity index (χ3n) is 3.92. The summed E-state index contributed by atoms with van der Waals surface area (Å²) in [5.41, 5.74) is 5.25. The van der Waals surface area contributed by atoms with Gasteiger partial charge in [0.05, 0.1) is 11.4 Å². The van der Waals surface area contributed by atoms with Crippen molar-refractivity contribution in [3.63, 3.8) is 0 Å². The van der Waals surface area contributed by atoms with E-state index in [1.807, 2.05) is 54.6 Å². The highest BCUT2D eigenvalue weighted by atomic mass is 15.1. The molecule has 3 aromatic carbocycles. The zero-order chi connectivity index (χ0) is 15.5. The van der Waals surface area contributed by atoms with Crippen LogP contribution >= 0.6 is 0 Å². The Morgan fingerprint density at radius 2 is 0.870 bits per heavy atom. The smallest absolute Gasteiger partial charge is 0.166 e. The van der Waals surface area contributed by atoms with E-state index < -0.39 is 0 Å². The maximum Gasteiger partial charge on any atom is 0.166 e. The van der Waals surface area contributed by atoms with Crippen LogP contribution in [0.5, 0.6) is 0 Å². The van der Waals surface area contributed by atoms with Crippen LogP contribution in [0.2, 0.25) is 0 Å². The standard InChI is InChI=1S/C21H16N2/c1-4-10-16(11-5-1)19-20(17-12-6-2-7-13-17)23-21(22-19)18-14-8-3-9-15-18/h1-15,21H. The molecule has 0 fully saturated rings. The Morgan fingerprint density at radius 1 is 0.478 bits per heavy atom. The molecule has 0 spiro atoms. The molecule has 23 heavy (non-hydrogen) atoms. The summed E-state index contributed by atoms with van der Waals surface area (Å²) >= 11 is 0. The van der Waals surface area contributed by atoms with Crippen molar-refractivity contribution in [2.45, 2.75) is 6.17 Å². The number of aliphatic imine (C=N–C) groups is 2. The van der Waals surface area contributed by atoms with Gasteiger partial charge in [-0.1, -0.05) is 91.0 Å². The molecule has 3 aromatic rings. The molecule has 1 aliphatic rings. The largest absolute Gasteiger partial charge is 0.251 e. The van der Waals surface area contributed by atoms with Crippen LogP contribution in [0.1, 0.15) is 22.9 Å². The zero-order valence-corrected chi connectivity index (χ0v) is 12.6. The van der Waals surface area contributed by atoms with Crippen LogP contribution in [-0.4, -0.2) is 11.4 Å². The first-order valence-electron chi connectivity index (χ1n) is 7.73. The van der Waals surface area contributed by atoms with Gasteiger partial charge in [0.2, 0.25) is 0 Å². The molecule has 0 saturated heterocycles. The Kier molecular flexibility index (Phi) is 3.57. The van der Waals surface area contributed by atoms with Gasteiger partial charge in [0, 0.05) is 11.1 Å². The van der Waals surface area contributed by atoms with Crippen LogP contribution in [-0.2, 0) is 0 Å². The van der Waals surface area contributed by atoms with Gasteiger partial charge in [-0.2, -0.15) is 0 Å². The molecular formula is C21H16N2. The summed E-state index contributed by atoms with van der Waals surface area (Å²) in [6.45, 7) is 0. The van der Waals surface area contributed by atoms with Crippen LogP contribution in [0.3, 0.4) is 0 Å². The maximum absolute atomic E-state index is 4.90. The van der Waals surface area contributed by atoms with E-state index in [0.717, 1.165) is 28.1 Å². The molecular weight excluding hydrogens is 280 g/mol. The lowest BCUT2D eigenvalue weighted by molar-refractivity contribution is 0.798. The second-order valence-corrected chi connectivity index (χ2v) is 5.47. The minimum Gasteiger partial charge on any atom is -0.251 e. The molecule has 1 aliphatic heterocycles. The van der Waals surface area contributed by atoms with Crippen molar-refractivity contribution in [3.8, 4) is 0 Å². The minimum atomic E-state index is -0.165. The summed E-state index contributed by atoms with van der Waals surface area (Å²) in [4.78, 5) is 9.80. The fraction of sp³-hybridized carbons (Fsp3) is 0.0476. The van der Waals surface area contributed by atoms with Crippen molar-refractivity contribution in [3.05, 3.63) is 108 Å². The summed E-state index contributed by atoms with van der Waals surface area (Å²) in [7, 11) is 0. The molecule has 110 valence electrons. The molecule has 1 heterocycles. The number of hydrogen-bond donors (Lipinski definition) is 0. The van der Waals surface area contributed by atoms with Gasteiger partial charge in [-0.15, -0.1) is 0 Å². The van der Waals surface area contributed by atoms with E-state index in [4.69, 9.17) is 9.98 Å². The monoisotopic (exact) mass is 296 g/mol. The van der Waals surface area contributed by atoms with E-state index in [9.17, 15) is 0 Å². The fourth-order valence-corrected chi connectivity index (χ4v) is 2.78. The first kappa shape index (κ1) is 13.6. The second kappa shape index (κ2) is 6.01. The van der Waals surface area contributed by atoms with Gasteiger partial charge in [-0.25, -0.2) is 0 Å². The predicted molar refractivity (Wildman–Crippen MR) is 95.1 cm³/mol. The molecule has 0 radical (unpaired) electrons. The predicted octanol–water partition coefficient (Wildman–Crippen LogP) is 4.68. The van der Waals surface area contributed by atoms with Gasteiger partial charge in [-0.3, -0.25) is 9.98 Å². The van der Waals surface area contributed by atoms with E-state index in [-0.39, 0.29) is 6.17 Å². The van der Waals surface area contributed by atoms with E-state index in [1.165, 1.54) is 0 Å². The Bertz CT molecular complexity index is 795. The Balaban J connectivity index is 1.83. The van der Waals surface area contributed by atoms with Gasteiger partial charge in [0.15, 0.2) is 6.17 Å². The summed E-state index contributed by atoms with van der Waals surface area (Å²) < 4.78 is 0. The normalized spacial score (nSPS) is 14.4. The maximum atomic E-state index is 4.90. The molecule has 0 atom stereocenters. The molecule has 0 saturated carbocycles. The summed E-state index contributed by atoms with van der Waals surface area (Å²) in [5, 5.41) is 0. The SMILES string of the molecule is c1ccc(C2=NC(c3ccccc3)N=C2c2ccccc2)cc1. The van der Waals surface area contributed by atoms with Crippen molar-refractivity contribution < 1.29 is 0 Å². The topological polar surface area (TPSA) is 24.7 Å². The highest BCUT2D eigenvalue weighted by Crippen LogP contribution is 2.28. The van der Waals surface area contributed by atoms with E-state index >= 15 is 0 Å². The average molecular weight is 296 g/mol. The lowest BCUT2D eigenvalue weighted by atomic mass is 10.0. The highest BCUT2D eigenvalue weighted by molar-refractivity contribution is 6.54. The number of rotatable bonds is 3. The molecule has 2 heteroatoms. The Morgan fingerprint density at radius 3 is 1.30 bits per heavy atom. The van der Waals surface area contributed by atoms with Crippen LogP contribution in [0.15, 0.2) is 101 Å². The Labute approximate surface area is 135 Å². The van der Waals surface area contributed by atoms with Crippen molar-refractivity contribution in [1.82, 2.24) is 0 Å². The Hall–Kier alpha value is -3.00. The number of hydrogen-bond acceptors (Lipinski definition) is 2. The van der Waals surface area contributed by atoms with Crippen LogP contribution in [0.25, 0.3) is 0 Å². The minimum absolute atomic E-state index is 0.165. The molecule has 2 nitrogen and oxygen atoms in total. The average Bonchev–Trinajstić information content (AvgIpc) is 3.09. The van der Waals surface area contributed by atoms with Gasteiger partial charge >= 0.3 is 0 Å². The van der Waals surface area contributed by atoms with E-state index in [2.05, 4.69) is 36.4 Å². The lowest BCUT2D eigenvalue weighted by Gasteiger charge is -2.05. The van der Waals surface area contributed by atoms with Crippen molar-refractivity contribution in [2.24, 2.45) is 9.98 Å². The summed E-state index contributed by atoms with van der Waals surface area (Å²) in [6, 6.07) is 30.8. The summed E-state index contributed by atoms with van der Waals surface area (Å²) in [6.07, 6.45) is -0.165. The number of nitrogens with zero attached hydrogens (tertiary/aromatic N) is 2. The van der Waals surface area contributed by atoms with Gasteiger partial charge in [0.25, 0.3) is 0 Å². The molecule has 4 rings (SSSR count). The van der Waals surface area contributed by atoms with E-state index in [1.54, 1.807) is 0 Å². The highest BCUT2D eigenvalue weighted by Gasteiger charge is 2.24. The molecule has 0 unspecified atom stereocenters. The quantitative estimate of drug-likeness (QED) is 0.670. The third kappa shape index (κ3) is 2.71. The van der Waals surface area contributed by atoms with Crippen LogP contribution in [0, 0.1) is 0 Å². The fourth-order valence-electron chi connectivity index (χ4n) is 2.78. The van der Waals surface area contributed by atoms with Gasteiger partial charge < -0.3 is 0 Å². The van der Waals surface area contributed by atoms with Crippen LogP contribution in [0.4, 0.5) is 0 Å². The van der Waals surface area contributed by atoms with Gasteiger partial charge in [-0.05, 0) is 5.56 Å². The lowest BCUT2D eigenvalue weighted by Crippen LogP contribution is -2.13. The first-order chi connectivity index (χ1) is 11.4.